The van der Waals surface area contributed by atoms with E-state index in [-0.39, 0.29) is 0 Å². The van der Waals surface area contributed by atoms with Crippen molar-refractivity contribution >= 4 is 11.4 Å². The fourth-order valence-corrected chi connectivity index (χ4v) is 0.657. The number of anilines is 2. The summed E-state index contributed by atoms with van der Waals surface area (Å²) in [6.07, 6.45) is 1.50. The van der Waals surface area contributed by atoms with Crippen molar-refractivity contribution in [1.82, 2.24) is 4.98 Å². The molecule has 1 aromatic rings. The van der Waals surface area contributed by atoms with Gasteiger partial charge in [-0.25, -0.2) is 4.98 Å². The Morgan fingerprint density at radius 3 is 2.70 bits per heavy atom. The fourth-order valence-electron chi connectivity index (χ4n) is 0.657. The summed E-state index contributed by atoms with van der Waals surface area (Å²) in [5.74, 6) is 0.411. The fraction of sp³-hybridized carbons (Fsp3) is 0.167. The summed E-state index contributed by atoms with van der Waals surface area (Å²) in [4.78, 5) is 3.82. The van der Waals surface area contributed by atoms with E-state index in [1.165, 1.54) is 13.3 Å². The van der Waals surface area contributed by atoms with Crippen LogP contribution in [0.5, 0.6) is 5.88 Å². The van der Waals surface area contributed by atoms with Gasteiger partial charge in [-0.15, -0.1) is 0 Å². The minimum absolute atomic E-state index is 0.411. The highest BCUT2D eigenvalue weighted by molar-refractivity contribution is 5.55. The summed E-state index contributed by atoms with van der Waals surface area (Å²) in [5, 5.41) is 0. The smallest absolute Gasteiger partial charge is 0.236 e. The first kappa shape index (κ1) is 6.67. The van der Waals surface area contributed by atoms with Crippen LogP contribution in [0.1, 0.15) is 0 Å². The highest BCUT2D eigenvalue weighted by Crippen LogP contribution is 2.18. The van der Waals surface area contributed by atoms with Crippen molar-refractivity contribution in [3.05, 3.63) is 12.3 Å². The molecule has 0 aliphatic carbocycles. The zero-order chi connectivity index (χ0) is 7.56. The van der Waals surface area contributed by atoms with Gasteiger partial charge in [-0.3, -0.25) is 0 Å². The van der Waals surface area contributed by atoms with Gasteiger partial charge >= 0.3 is 0 Å². The minimum Gasteiger partial charge on any atom is -0.480 e. The minimum atomic E-state index is 0.411. The molecule has 1 heterocycles. The molecule has 0 aliphatic rings. The topological polar surface area (TPSA) is 74.2 Å². The van der Waals surface area contributed by atoms with Crippen LogP contribution in [-0.2, 0) is 0 Å². The first-order valence-electron chi connectivity index (χ1n) is 2.79. The summed E-state index contributed by atoms with van der Waals surface area (Å²) in [7, 11) is 1.51. The van der Waals surface area contributed by atoms with Crippen LogP contribution < -0.4 is 16.2 Å². The third kappa shape index (κ3) is 1.10. The molecule has 0 aliphatic heterocycles. The largest absolute Gasteiger partial charge is 0.480 e. The predicted octanol–water partition coefficient (Wildman–Crippen LogP) is 0.255. The van der Waals surface area contributed by atoms with Crippen LogP contribution >= 0.6 is 0 Å². The van der Waals surface area contributed by atoms with Gasteiger partial charge in [-0.2, -0.15) is 0 Å². The van der Waals surface area contributed by atoms with Crippen LogP contribution in [-0.4, -0.2) is 12.1 Å². The Bertz CT molecular complexity index is 236. The third-order valence-corrected chi connectivity index (χ3v) is 1.09. The normalized spacial score (nSPS) is 9.30. The van der Waals surface area contributed by atoms with Crippen LogP contribution in [0, 0.1) is 0 Å². The number of nitrogen functional groups attached to an aromatic ring is 2. The molecule has 0 bridgehead atoms. The quantitative estimate of drug-likeness (QED) is 0.585. The molecule has 54 valence electrons. The van der Waals surface area contributed by atoms with Crippen molar-refractivity contribution in [2.45, 2.75) is 0 Å². The Morgan fingerprint density at radius 2 is 2.20 bits per heavy atom. The standard InChI is InChI=1S/C6H9N3O/c1-10-6-5(8)2-4(7)3-9-6/h2-3H,7-8H2,1H3. The lowest BCUT2D eigenvalue weighted by Gasteiger charge is -2.01. The predicted molar refractivity (Wildman–Crippen MR) is 39.6 cm³/mol. The molecular weight excluding hydrogens is 130 g/mol. The molecule has 4 nitrogen and oxygen atoms in total. The van der Waals surface area contributed by atoms with Gasteiger partial charge in [0.05, 0.1) is 24.7 Å². The second kappa shape index (κ2) is 2.43. The average molecular weight is 139 g/mol. The lowest BCUT2D eigenvalue weighted by Crippen LogP contribution is -1.96. The molecule has 0 amide bonds. The van der Waals surface area contributed by atoms with Gasteiger partial charge in [-0.05, 0) is 6.07 Å². The zero-order valence-corrected chi connectivity index (χ0v) is 5.66. The molecule has 0 saturated heterocycles. The van der Waals surface area contributed by atoms with E-state index >= 15 is 0 Å². The summed E-state index contributed by atoms with van der Waals surface area (Å²) in [5.41, 5.74) is 11.8. The van der Waals surface area contributed by atoms with E-state index in [9.17, 15) is 0 Å². The molecule has 0 atom stereocenters. The molecule has 0 saturated carbocycles. The summed E-state index contributed by atoms with van der Waals surface area (Å²) >= 11 is 0. The Balaban J connectivity index is 3.07. The maximum Gasteiger partial charge on any atom is 0.236 e. The number of hydrogen-bond acceptors (Lipinski definition) is 4. The van der Waals surface area contributed by atoms with Gasteiger partial charge in [-0.1, -0.05) is 0 Å². The van der Waals surface area contributed by atoms with E-state index in [1.807, 2.05) is 0 Å². The third-order valence-electron chi connectivity index (χ3n) is 1.09. The van der Waals surface area contributed by atoms with Gasteiger partial charge < -0.3 is 16.2 Å². The molecule has 0 fully saturated rings. The number of nitrogens with zero attached hydrogens (tertiary/aromatic N) is 1. The Morgan fingerprint density at radius 1 is 1.50 bits per heavy atom. The number of nitrogens with two attached hydrogens (primary N) is 2. The Labute approximate surface area is 58.8 Å². The highest BCUT2D eigenvalue weighted by Gasteiger charge is 1.98. The van der Waals surface area contributed by atoms with E-state index in [0.717, 1.165) is 0 Å². The maximum atomic E-state index is 5.46. The van der Waals surface area contributed by atoms with Crippen LogP contribution in [0.25, 0.3) is 0 Å². The zero-order valence-electron chi connectivity index (χ0n) is 5.66. The van der Waals surface area contributed by atoms with E-state index in [0.29, 0.717) is 17.3 Å². The molecule has 10 heavy (non-hydrogen) atoms. The van der Waals surface area contributed by atoms with E-state index in [4.69, 9.17) is 16.2 Å². The molecule has 0 radical (unpaired) electrons. The van der Waals surface area contributed by atoms with Gasteiger partial charge in [0.2, 0.25) is 5.88 Å². The van der Waals surface area contributed by atoms with Crippen LogP contribution in [0.4, 0.5) is 11.4 Å². The van der Waals surface area contributed by atoms with Crippen molar-refractivity contribution in [2.24, 2.45) is 0 Å². The number of ether oxygens (including phenoxy) is 1. The van der Waals surface area contributed by atoms with Crippen LogP contribution in [0.3, 0.4) is 0 Å². The van der Waals surface area contributed by atoms with Crippen LogP contribution in [0.15, 0.2) is 12.3 Å². The molecule has 4 N–H and O–H groups in total. The van der Waals surface area contributed by atoms with Gasteiger partial charge in [0.15, 0.2) is 0 Å². The highest BCUT2D eigenvalue weighted by atomic mass is 16.5. The van der Waals surface area contributed by atoms with Crippen molar-refractivity contribution in [3.8, 4) is 5.88 Å². The number of hydrogen-bond donors (Lipinski definition) is 2. The first-order valence-corrected chi connectivity index (χ1v) is 2.79. The van der Waals surface area contributed by atoms with Crippen molar-refractivity contribution < 1.29 is 4.74 Å². The molecule has 4 heteroatoms. The van der Waals surface area contributed by atoms with Crippen LogP contribution in [0.2, 0.25) is 0 Å². The Kier molecular flexibility index (Phi) is 1.62. The maximum absolute atomic E-state index is 5.46. The SMILES string of the molecule is COc1ncc(N)cc1N. The van der Waals surface area contributed by atoms with Crippen molar-refractivity contribution in [2.75, 3.05) is 18.6 Å². The number of methoxy groups -OCH3 is 1. The van der Waals surface area contributed by atoms with E-state index < -0.39 is 0 Å². The number of aromatic nitrogens is 1. The summed E-state index contributed by atoms with van der Waals surface area (Å²) in [6.45, 7) is 0. The van der Waals surface area contributed by atoms with E-state index in [1.54, 1.807) is 6.07 Å². The van der Waals surface area contributed by atoms with Gasteiger partial charge in [0, 0.05) is 0 Å². The lowest BCUT2D eigenvalue weighted by atomic mass is 10.4. The summed E-state index contributed by atoms with van der Waals surface area (Å²) in [6, 6.07) is 1.60. The van der Waals surface area contributed by atoms with Crippen molar-refractivity contribution in [1.29, 1.82) is 0 Å². The molecule has 0 spiro atoms. The lowest BCUT2D eigenvalue weighted by molar-refractivity contribution is 0.400. The van der Waals surface area contributed by atoms with Gasteiger partial charge in [0.25, 0.3) is 0 Å². The van der Waals surface area contributed by atoms with Gasteiger partial charge in [0.1, 0.15) is 0 Å². The second-order valence-corrected chi connectivity index (χ2v) is 1.87. The molecule has 1 rings (SSSR count). The van der Waals surface area contributed by atoms with E-state index in [2.05, 4.69) is 4.98 Å². The Hall–Kier alpha value is -1.45. The molecule has 0 unspecified atom stereocenters. The molecular formula is C6H9N3O. The summed E-state index contributed by atoms with van der Waals surface area (Å²) < 4.78 is 4.81. The number of rotatable bonds is 1. The molecule has 1 aromatic heterocycles. The molecule has 0 aromatic carbocycles. The average Bonchev–Trinajstić information content (AvgIpc) is 1.88. The second-order valence-electron chi connectivity index (χ2n) is 1.87. The number of pyridine rings is 1. The van der Waals surface area contributed by atoms with Crippen molar-refractivity contribution in [3.63, 3.8) is 0 Å². The first-order chi connectivity index (χ1) is 4.74. The monoisotopic (exact) mass is 139 g/mol.